The Bertz CT molecular complexity index is 616. The van der Waals surface area contributed by atoms with Crippen LogP contribution in [0.1, 0.15) is 57.6 Å². The van der Waals surface area contributed by atoms with Crippen LogP contribution in [0, 0.1) is 0 Å². The summed E-state index contributed by atoms with van der Waals surface area (Å²) in [5, 5.41) is 3.33. The average Bonchev–Trinajstić information content (AvgIpc) is 2.91. The van der Waals surface area contributed by atoms with Gasteiger partial charge in [-0.1, -0.05) is 19.3 Å². The smallest absolute Gasteiger partial charge is 0.325 e. The number of thiocarbonyl (C=S) groups is 1. The molecule has 1 aliphatic heterocycles. The molecule has 0 spiro atoms. The molecule has 1 N–H and O–H groups in total. The van der Waals surface area contributed by atoms with Gasteiger partial charge in [0, 0.05) is 23.9 Å². The number of hydrogen-bond donors (Lipinski definition) is 1. The lowest BCUT2D eigenvalue weighted by atomic mass is 9.96. The summed E-state index contributed by atoms with van der Waals surface area (Å²) in [5.74, 6) is 0.575. The van der Waals surface area contributed by atoms with Crippen molar-refractivity contribution in [2.75, 3.05) is 6.61 Å². The number of nitrogens with zero attached hydrogens (tertiary/aromatic N) is 2. The lowest BCUT2D eigenvalue weighted by Gasteiger charge is -2.27. The molecule has 3 rings (SSSR count). The molecule has 1 aromatic rings. The third-order valence-corrected chi connectivity index (χ3v) is 5.09. The molecule has 2 atom stereocenters. The molecule has 0 radical (unpaired) electrons. The van der Waals surface area contributed by atoms with Crippen molar-refractivity contribution in [2.24, 2.45) is 0 Å². The molecule has 25 heavy (non-hydrogen) atoms. The molecular formula is C18H25N3O3S. The lowest BCUT2D eigenvalue weighted by Crippen LogP contribution is -2.48. The van der Waals surface area contributed by atoms with Gasteiger partial charge in [-0.05, 0) is 45.0 Å². The molecule has 2 amide bonds. The van der Waals surface area contributed by atoms with Gasteiger partial charge in [0.25, 0.3) is 5.17 Å². The summed E-state index contributed by atoms with van der Waals surface area (Å²) >= 11 is 5.30. The zero-order valence-corrected chi connectivity index (χ0v) is 15.6. The Morgan fingerprint density at radius 1 is 1.40 bits per heavy atom. The standard InChI is InChI=1S/C18H25N3O3S/c1-3-23-15-10-9-13(11-19-15)16-12(2)21(18(25)24-16)17(22)20-14-7-5-4-6-8-14/h9-12,14,16H,3-8H2,1-2H3,(H,20,22)/t12-,16-/m1/s1. The van der Waals surface area contributed by atoms with Gasteiger partial charge in [-0.2, -0.15) is 0 Å². The molecule has 0 unspecified atom stereocenters. The number of aromatic nitrogens is 1. The SMILES string of the molecule is CCOc1ccc([C@@H]2OC(=S)N(C(=O)NC3CCCCC3)[C@@H]2C)cn1. The number of urea groups is 1. The summed E-state index contributed by atoms with van der Waals surface area (Å²) in [4.78, 5) is 18.5. The van der Waals surface area contributed by atoms with Gasteiger partial charge in [0.15, 0.2) is 0 Å². The number of carbonyl (C=O) groups excluding carboxylic acids is 1. The molecule has 0 aromatic carbocycles. The number of amides is 2. The summed E-state index contributed by atoms with van der Waals surface area (Å²) < 4.78 is 11.2. The fourth-order valence-electron chi connectivity index (χ4n) is 3.46. The summed E-state index contributed by atoms with van der Waals surface area (Å²) in [6, 6.07) is 3.61. The second kappa shape index (κ2) is 7.99. The van der Waals surface area contributed by atoms with Gasteiger partial charge in [-0.3, -0.25) is 0 Å². The fourth-order valence-corrected chi connectivity index (χ4v) is 3.82. The summed E-state index contributed by atoms with van der Waals surface area (Å²) in [6.07, 6.45) is 7.07. The summed E-state index contributed by atoms with van der Waals surface area (Å²) in [5.41, 5.74) is 0.881. The van der Waals surface area contributed by atoms with Crippen molar-refractivity contribution in [3.63, 3.8) is 0 Å². The van der Waals surface area contributed by atoms with Gasteiger partial charge in [-0.15, -0.1) is 0 Å². The molecule has 1 aromatic heterocycles. The van der Waals surface area contributed by atoms with Crippen molar-refractivity contribution in [1.82, 2.24) is 15.2 Å². The molecule has 0 bridgehead atoms. The highest BCUT2D eigenvalue weighted by Crippen LogP contribution is 2.33. The van der Waals surface area contributed by atoms with E-state index in [0.29, 0.717) is 12.5 Å². The molecule has 136 valence electrons. The van der Waals surface area contributed by atoms with Crippen LogP contribution >= 0.6 is 12.2 Å². The maximum atomic E-state index is 12.7. The minimum Gasteiger partial charge on any atom is -0.478 e. The van der Waals surface area contributed by atoms with Crippen LogP contribution < -0.4 is 10.1 Å². The largest absolute Gasteiger partial charge is 0.478 e. The van der Waals surface area contributed by atoms with Gasteiger partial charge in [0.05, 0.1) is 12.6 Å². The molecule has 2 fully saturated rings. The van der Waals surface area contributed by atoms with Crippen molar-refractivity contribution in [1.29, 1.82) is 0 Å². The molecule has 1 saturated heterocycles. The topological polar surface area (TPSA) is 63.7 Å². The number of carbonyl (C=O) groups is 1. The highest BCUT2D eigenvalue weighted by atomic mass is 32.1. The Kier molecular flexibility index (Phi) is 5.73. The van der Waals surface area contributed by atoms with E-state index >= 15 is 0 Å². The Morgan fingerprint density at radius 3 is 2.80 bits per heavy atom. The fraction of sp³-hybridized carbons (Fsp3) is 0.611. The van der Waals surface area contributed by atoms with E-state index in [9.17, 15) is 4.79 Å². The Balaban J connectivity index is 1.66. The minimum absolute atomic E-state index is 0.161. The Labute approximate surface area is 153 Å². The predicted octanol–water partition coefficient (Wildman–Crippen LogP) is 3.57. The van der Waals surface area contributed by atoms with Gasteiger partial charge in [0.1, 0.15) is 6.10 Å². The maximum absolute atomic E-state index is 12.7. The zero-order valence-electron chi connectivity index (χ0n) is 14.7. The van der Waals surface area contributed by atoms with E-state index in [4.69, 9.17) is 21.7 Å². The molecular weight excluding hydrogens is 338 g/mol. The van der Waals surface area contributed by atoms with Gasteiger partial charge in [-0.25, -0.2) is 14.7 Å². The van der Waals surface area contributed by atoms with E-state index in [-0.39, 0.29) is 29.4 Å². The molecule has 6 nitrogen and oxygen atoms in total. The molecule has 7 heteroatoms. The highest BCUT2D eigenvalue weighted by Gasteiger charge is 2.41. The predicted molar refractivity (Wildman–Crippen MR) is 98.5 cm³/mol. The number of ether oxygens (including phenoxy) is 2. The number of nitrogens with one attached hydrogen (secondary N) is 1. The van der Waals surface area contributed by atoms with E-state index in [1.807, 2.05) is 26.0 Å². The van der Waals surface area contributed by atoms with Crippen LogP contribution in [-0.4, -0.2) is 39.8 Å². The second-order valence-corrected chi connectivity index (χ2v) is 6.91. The highest BCUT2D eigenvalue weighted by molar-refractivity contribution is 7.80. The van der Waals surface area contributed by atoms with Crippen LogP contribution in [0.2, 0.25) is 0 Å². The van der Waals surface area contributed by atoms with Crippen molar-refractivity contribution in [3.05, 3.63) is 23.9 Å². The van der Waals surface area contributed by atoms with E-state index in [1.165, 1.54) is 19.3 Å². The molecule has 2 aliphatic rings. The van der Waals surface area contributed by atoms with Crippen LogP contribution in [0.15, 0.2) is 18.3 Å². The molecule has 1 aliphatic carbocycles. The first kappa shape index (κ1) is 17.9. The minimum atomic E-state index is -0.312. The summed E-state index contributed by atoms with van der Waals surface area (Å²) in [6.45, 7) is 4.43. The first-order valence-corrected chi connectivity index (χ1v) is 9.40. The van der Waals surface area contributed by atoms with Gasteiger partial charge < -0.3 is 14.8 Å². The third-order valence-electron chi connectivity index (χ3n) is 4.80. The second-order valence-electron chi connectivity index (χ2n) is 6.56. The van der Waals surface area contributed by atoms with Crippen LogP contribution in [0.3, 0.4) is 0 Å². The van der Waals surface area contributed by atoms with Crippen LogP contribution in [0.25, 0.3) is 0 Å². The van der Waals surface area contributed by atoms with Crippen molar-refractivity contribution < 1.29 is 14.3 Å². The van der Waals surface area contributed by atoms with Gasteiger partial charge in [0.2, 0.25) is 5.88 Å². The van der Waals surface area contributed by atoms with Crippen molar-refractivity contribution >= 4 is 23.4 Å². The number of pyridine rings is 1. The van der Waals surface area contributed by atoms with Crippen LogP contribution in [0.4, 0.5) is 4.79 Å². The quantitative estimate of drug-likeness (QED) is 0.829. The Morgan fingerprint density at radius 2 is 2.16 bits per heavy atom. The Hall–Kier alpha value is -1.89. The van der Waals surface area contributed by atoms with E-state index < -0.39 is 0 Å². The van der Waals surface area contributed by atoms with E-state index in [0.717, 1.165) is 18.4 Å². The van der Waals surface area contributed by atoms with E-state index in [2.05, 4.69) is 10.3 Å². The van der Waals surface area contributed by atoms with Crippen molar-refractivity contribution in [3.8, 4) is 5.88 Å². The third kappa shape index (κ3) is 4.03. The van der Waals surface area contributed by atoms with Crippen LogP contribution in [0.5, 0.6) is 5.88 Å². The van der Waals surface area contributed by atoms with Gasteiger partial charge >= 0.3 is 6.03 Å². The first-order valence-electron chi connectivity index (χ1n) is 8.99. The lowest BCUT2D eigenvalue weighted by molar-refractivity contribution is 0.188. The number of hydrogen-bond acceptors (Lipinski definition) is 5. The average molecular weight is 363 g/mol. The zero-order chi connectivity index (χ0) is 17.8. The van der Waals surface area contributed by atoms with E-state index in [1.54, 1.807) is 11.1 Å². The number of rotatable bonds is 4. The summed E-state index contributed by atoms with van der Waals surface area (Å²) in [7, 11) is 0. The maximum Gasteiger partial charge on any atom is 0.325 e. The van der Waals surface area contributed by atoms with Crippen molar-refractivity contribution in [2.45, 2.75) is 64.1 Å². The first-order chi connectivity index (χ1) is 12.1. The molecule has 1 saturated carbocycles. The monoisotopic (exact) mass is 363 g/mol. The molecule has 2 heterocycles. The van der Waals surface area contributed by atoms with Crippen LogP contribution in [-0.2, 0) is 4.74 Å². The normalized spacial score (nSPS) is 24.1.